The number of anilines is 2. The second-order valence-electron chi connectivity index (χ2n) is 22.3. The van der Waals surface area contributed by atoms with Gasteiger partial charge in [0.1, 0.15) is 76.7 Å². The number of hydrogen-bond acceptors (Lipinski definition) is 16. The molecule has 3 aromatic heterocycles. The lowest BCUT2D eigenvalue weighted by atomic mass is 9.92. The molecule has 5 aromatic carbocycles. The number of hydrogen-bond donors (Lipinski definition) is 5. The molecule has 3 saturated heterocycles. The number of methoxy groups -OCH3 is 1. The highest BCUT2D eigenvalue weighted by Crippen LogP contribution is 2.52. The van der Waals surface area contributed by atoms with E-state index in [0.717, 1.165) is 42.4 Å². The van der Waals surface area contributed by atoms with E-state index in [1.54, 1.807) is 45.0 Å². The van der Waals surface area contributed by atoms with E-state index in [-0.39, 0.29) is 98.5 Å². The maximum Gasteiger partial charge on any atom is 0.417 e. The van der Waals surface area contributed by atoms with Gasteiger partial charge in [0.25, 0.3) is 0 Å². The number of nitrogens with one attached hydrogen (secondary N) is 2. The number of halogens is 7. The van der Waals surface area contributed by atoms with E-state index in [0.29, 0.717) is 47.6 Å². The third kappa shape index (κ3) is 11.9. The zero-order valence-electron chi connectivity index (χ0n) is 47.2. The molecule has 11 rings (SSSR count). The van der Waals surface area contributed by atoms with E-state index in [4.69, 9.17) is 29.9 Å². The number of benzene rings is 5. The molecule has 6 N–H and O–H groups in total. The van der Waals surface area contributed by atoms with Gasteiger partial charge in [-0.2, -0.15) is 28.4 Å². The van der Waals surface area contributed by atoms with Gasteiger partial charge in [-0.25, -0.2) is 22.2 Å². The molecular formula is C61H58F7N11O7S. The van der Waals surface area contributed by atoms with Crippen LogP contribution in [0, 0.1) is 40.5 Å². The topological polar surface area (TPSA) is 239 Å². The van der Waals surface area contributed by atoms with Gasteiger partial charge in [0.15, 0.2) is 5.75 Å². The van der Waals surface area contributed by atoms with Crippen molar-refractivity contribution in [3.8, 4) is 51.3 Å². The minimum atomic E-state index is -5.06. The Hall–Kier alpha value is -8.48. The molecule has 454 valence electrons. The molecule has 2 bridgehead atoms. The molecule has 18 nitrogen and oxygen atoms in total. The van der Waals surface area contributed by atoms with Crippen LogP contribution in [0.3, 0.4) is 0 Å². The molecular weight excluding hydrogens is 1160 g/mol. The number of piperazine rings is 1. The maximum absolute atomic E-state index is 16.0. The Balaban J connectivity index is 0.886. The summed E-state index contributed by atoms with van der Waals surface area (Å²) in [5.74, 6) is -5.97. The average molecular weight is 1220 g/mol. The number of carbonyl (C=O) groups is 2. The number of nitrogens with two attached hydrogens (primary N) is 1. The van der Waals surface area contributed by atoms with E-state index < -0.39 is 101 Å². The highest BCUT2D eigenvalue weighted by Gasteiger charge is 2.44. The van der Waals surface area contributed by atoms with E-state index >= 15 is 17.6 Å². The predicted octanol–water partition coefficient (Wildman–Crippen LogP) is 9.41. The number of likely N-dealkylation sites (tertiary alicyclic amines) is 1. The van der Waals surface area contributed by atoms with Crippen molar-refractivity contribution in [2.24, 2.45) is 5.92 Å². The molecule has 7 atom stereocenters. The molecule has 0 saturated carbocycles. The summed E-state index contributed by atoms with van der Waals surface area (Å²) in [5, 5.41) is 46.3. The van der Waals surface area contributed by atoms with Crippen molar-refractivity contribution in [1.29, 1.82) is 5.26 Å². The average Bonchev–Trinajstić information content (AvgIpc) is 2.41. The van der Waals surface area contributed by atoms with Crippen molar-refractivity contribution >= 4 is 55.0 Å². The molecule has 8 aromatic rings. The fourth-order valence-corrected chi connectivity index (χ4v) is 12.7. The van der Waals surface area contributed by atoms with Crippen LogP contribution in [0.15, 0.2) is 85.1 Å². The van der Waals surface area contributed by atoms with Crippen molar-refractivity contribution in [3.05, 3.63) is 131 Å². The number of aromatic nitrogens is 5. The molecule has 3 aliphatic heterocycles. The van der Waals surface area contributed by atoms with Gasteiger partial charge < -0.3 is 50.6 Å². The smallest absolute Gasteiger partial charge is 0.417 e. The lowest BCUT2D eigenvalue weighted by Crippen LogP contribution is -2.51. The van der Waals surface area contributed by atoms with Gasteiger partial charge in [-0.15, -0.1) is 16.4 Å². The quantitative estimate of drug-likeness (QED) is 0.0503. The van der Waals surface area contributed by atoms with Gasteiger partial charge in [0.05, 0.1) is 52.4 Å². The molecule has 2 unspecified atom stereocenters. The molecule has 3 aliphatic rings. The van der Waals surface area contributed by atoms with Crippen molar-refractivity contribution < 1.29 is 64.7 Å². The van der Waals surface area contributed by atoms with E-state index in [1.165, 1.54) is 47.2 Å². The Kier molecular flexibility index (Phi) is 16.9. The van der Waals surface area contributed by atoms with Crippen molar-refractivity contribution in [2.45, 2.75) is 95.2 Å². The first-order valence-electron chi connectivity index (χ1n) is 27.9. The van der Waals surface area contributed by atoms with Crippen molar-refractivity contribution in [1.82, 2.24) is 40.5 Å². The number of rotatable bonds is 18. The van der Waals surface area contributed by atoms with Crippen molar-refractivity contribution in [3.63, 3.8) is 0 Å². The van der Waals surface area contributed by atoms with Gasteiger partial charge >= 0.3 is 12.2 Å². The van der Waals surface area contributed by atoms with Crippen molar-refractivity contribution in [2.75, 3.05) is 50.6 Å². The van der Waals surface area contributed by atoms with E-state index in [1.807, 2.05) is 11.0 Å². The number of thiophene rings is 1. The van der Waals surface area contributed by atoms with Crippen LogP contribution in [-0.2, 0) is 27.1 Å². The van der Waals surface area contributed by atoms with E-state index in [9.17, 15) is 38.2 Å². The Labute approximate surface area is 497 Å². The summed E-state index contributed by atoms with van der Waals surface area (Å²) in [6.45, 7) is 4.97. The molecule has 0 spiro atoms. The predicted molar refractivity (Wildman–Crippen MR) is 308 cm³/mol. The summed E-state index contributed by atoms with van der Waals surface area (Å²) in [4.78, 5) is 41.2. The summed E-state index contributed by atoms with van der Waals surface area (Å²) in [7, 11) is 1.50. The highest BCUT2D eigenvalue weighted by molar-refractivity contribution is 7.23. The second kappa shape index (κ2) is 24.4. The van der Waals surface area contributed by atoms with Crippen LogP contribution < -0.4 is 30.7 Å². The maximum atomic E-state index is 16.0. The first kappa shape index (κ1) is 60.2. The highest BCUT2D eigenvalue weighted by atomic mass is 32.1. The number of aliphatic hydroxyl groups is 2. The van der Waals surface area contributed by atoms with E-state index in [2.05, 4.69) is 20.9 Å². The lowest BCUT2D eigenvalue weighted by Gasteiger charge is -2.34. The minimum absolute atomic E-state index is 0.00794. The number of nitriles is 1. The number of fused-ring (bicyclic) bond motifs is 4. The first-order chi connectivity index (χ1) is 41.6. The Morgan fingerprint density at radius 3 is 2.24 bits per heavy atom. The largest absolute Gasteiger partial charge is 0.486 e. The van der Waals surface area contributed by atoms with Gasteiger partial charge in [0.2, 0.25) is 11.8 Å². The second-order valence-corrected chi connectivity index (χ2v) is 23.3. The number of nitrogens with zero attached hydrogens (tertiary/aromatic N) is 8. The molecule has 0 radical (unpaired) electrons. The van der Waals surface area contributed by atoms with Crippen LogP contribution in [0.2, 0.25) is 0 Å². The summed E-state index contributed by atoms with van der Waals surface area (Å²) < 4.78 is 126. The summed E-state index contributed by atoms with van der Waals surface area (Å²) in [6.07, 6.45) is -3.46. The SMILES string of the molecule is CO[C@@H](C)COc1nc(N2CC3CCC(C2)N3)c2cc(C(F)(F)F)c(-c3ccc(F)c4sc(N)c(C#N)c34)c(OCc3ccc(-c4cn([C@H](C(=O)N5C[C@H](O)C[C@H]5C(=O)N[C@@H](CO)c5ccc(-c6c(F)cc(F)cc6F)cc5)C(C)C)nn4)cc3)c2n1. The van der Waals surface area contributed by atoms with Gasteiger partial charge in [-0.3, -0.25) is 9.59 Å². The Bertz CT molecular complexity index is 3940. The van der Waals surface area contributed by atoms with Crippen LogP contribution in [0.25, 0.3) is 54.5 Å². The van der Waals surface area contributed by atoms with Gasteiger partial charge in [0, 0.05) is 79.3 Å². The third-order valence-corrected chi connectivity index (χ3v) is 17.1. The standard InChI is InChI=1S/C61H58F7N11O7S/c1-29(2)53(59(83)78-24-38(81)19-48(78)58(82)72-47(26-80)33-9-11-34(12-10-33)49-44(64)17-35(62)18-45(49)65)79-25-46(75-76-79)32-7-5-31(6-8-32)28-85-54-51(39-15-16-43(63)55-50(39)41(21-69)56(70)87-55)42(61(66,67)68)20-40-52(54)73-60(86-27-30(3)84-4)74-57(40)77-22-36-13-14-37(23-77)71-36/h5-12,15-18,20,25,29-30,36-38,47-48,53,71,80-81H,13-14,19,22-24,26-28,70H2,1-4H3,(H,72,82)/t30-,36?,37?,38+,47-,48-,53-/m0/s1. The molecule has 6 heterocycles. The molecule has 2 amide bonds. The number of β-amino-alcohol motifs (C(OH)–C–C–N with tert-alkyl or cyclic N) is 1. The minimum Gasteiger partial charge on any atom is -0.486 e. The van der Waals surface area contributed by atoms with Crippen LogP contribution >= 0.6 is 11.3 Å². The number of nitrogen functional groups attached to an aromatic ring is 1. The summed E-state index contributed by atoms with van der Waals surface area (Å²) >= 11 is 0.734. The van der Waals surface area contributed by atoms with Crippen LogP contribution in [-0.4, -0.2) is 122 Å². The zero-order chi connectivity index (χ0) is 61.7. The van der Waals surface area contributed by atoms with Crippen LogP contribution in [0.4, 0.5) is 41.6 Å². The summed E-state index contributed by atoms with van der Waals surface area (Å²) in [6, 6.07) is 15.1. The zero-order valence-corrected chi connectivity index (χ0v) is 48.0. The number of amides is 2. The number of carbonyl (C=O) groups excluding carboxylic acids is 2. The fraction of sp³-hybridized carbons (Fsp3) is 0.361. The molecule has 87 heavy (non-hydrogen) atoms. The Morgan fingerprint density at radius 2 is 1.60 bits per heavy atom. The molecule has 26 heteroatoms. The molecule has 0 aliphatic carbocycles. The monoisotopic (exact) mass is 1220 g/mol. The van der Waals surface area contributed by atoms with Crippen LogP contribution in [0.1, 0.15) is 74.4 Å². The third-order valence-electron chi connectivity index (χ3n) is 16.1. The summed E-state index contributed by atoms with van der Waals surface area (Å²) in [5.41, 5.74) is 5.37. The lowest BCUT2D eigenvalue weighted by molar-refractivity contribution is -0.142. The van der Waals surface area contributed by atoms with Gasteiger partial charge in [-0.1, -0.05) is 73.7 Å². The van der Waals surface area contributed by atoms with Crippen LogP contribution in [0.5, 0.6) is 11.8 Å². The first-order valence-corrected chi connectivity index (χ1v) is 28.8. The fourth-order valence-electron chi connectivity index (χ4n) is 11.7. The van der Waals surface area contributed by atoms with Gasteiger partial charge in [-0.05, 0) is 60.1 Å². The normalized spacial score (nSPS) is 18.8. The Morgan fingerprint density at radius 1 is 0.908 bits per heavy atom. The number of ether oxygens (including phenoxy) is 3. The molecule has 3 fully saturated rings. The number of aliphatic hydroxyl groups excluding tert-OH is 2. The number of alkyl halides is 3.